The van der Waals surface area contributed by atoms with Crippen LogP contribution in [0.3, 0.4) is 0 Å². The van der Waals surface area contributed by atoms with Crippen LogP contribution in [0.1, 0.15) is 29.8 Å². The highest BCUT2D eigenvalue weighted by Crippen LogP contribution is 2.07. The Morgan fingerprint density at radius 2 is 1.84 bits per heavy atom. The van der Waals surface area contributed by atoms with Crippen molar-refractivity contribution in [2.24, 2.45) is 5.73 Å². The molecule has 1 aromatic carbocycles. The molecule has 0 aliphatic rings. The number of carbonyl (C=O) groups excluding carboxylic acids is 1. The fraction of sp³-hybridized carbons (Fsp3) is 0.429. The zero-order valence-corrected chi connectivity index (χ0v) is 12.4. The number of ether oxygens (including phenoxy) is 1. The van der Waals surface area contributed by atoms with Gasteiger partial charge in [0.15, 0.2) is 0 Å². The fourth-order valence-corrected chi connectivity index (χ4v) is 1.66. The number of hydrogen-bond acceptors (Lipinski definition) is 3. The molecule has 0 aliphatic carbocycles. The quantitative estimate of drug-likeness (QED) is 0.808. The van der Waals surface area contributed by atoms with E-state index in [0.717, 1.165) is 5.56 Å². The van der Waals surface area contributed by atoms with E-state index in [1.807, 2.05) is 13.8 Å². The lowest BCUT2D eigenvalue weighted by molar-refractivity contribution is 0.0532. The number of amides is 1. The topological polar surface area (TPSA) is 55.6 Å². The molecule has 2 N–H and O–H groups in total. The van der Waals surface area contributed by atoms with Gasteiger partial charge >= 0.3 is 0 Å². The molecule has 0 aliphatic heterocycles. The molecule has 0 radical (unpaired) electrons. The molecule has 5 heteroatoms. The van der Waals surface area contributed by atoms with Crippen LogP contribution in [0.25, 0.3) is 0 Å². The Balaban J connectivity index is 2.59. The van der Waals surface area contributed by atoms with Gasteiger partial charge in [-0.1, -0.05) is 24.4 Å². The zero-order valence-electron chi connectivity index (χ0n) is 11.6. The van der Waals surface area contributed by atoms with Gasteiger partial charge in [-0.15, -0.1) is 0 Å². The van der Waals surface area contributed by atoms with Crippen LogP contribution in [0.2, 0.25) is 0 Å². The molecule has 4 nitrogen and oxygen atoms in total. The molecule has 0 atom stereocenters. The van der Waals surface area contributed by atoms with Crippen molar-refractivity contribution in [3.8, 4) is 0 Å². The highest BCUT2D eigenvalue weighted by molar-refractivity contribution is 7.80. The first-order valence-corrected chi connectivity index (χ1v) is 6.59. The van der Waals surface area contributed by atoms with Crippen molar-refractivity contribution in [3.63, 3.8) is 0 Å². The predicted molar refractivity (Wildman–Crippen MR) is 80.4 cm³/mol. The molecule has 1 aromatic rings. The Morgan fingerprint density at radius 1 is 1.32 bits per heavy atom. The van der Waals surface area contributed by atoms with Crippen LogP contribution in [-0.2, 0) is 4.74 Å². The van der Waals surface area contributed by atoms with E-state index in [2.05, 4.69) is 0 Å². The highest BCUT2D eigenvalue weighted by Gasteiger charge is 2.11. The van der Waals surface area contributed by atoms with Crippen LogP contribution >= 0.6 is 12.2 Å². The summed E-state index contributed by atoms with van der Waals surface area (Å²) in [5.41, 5.74) is 6.89. The Labute approximate surface area is 119 Å². The van der Waals surface area contributed by atoms with Gasteiger partial charge in [0.2, 0.25) is 0 Å². The van der Waals surface area contributed by atoms with E-state index in [4.69, 9.17) is 22.7 Å². The molecule has 1 amide bonds. The van der Waals surface area contributed by atoms with Gasteiger partial charge in [0.1, 0.15) is 4.99 Å². The molecule has 0 fully saturated rings. The predicted octanol–water partition coefficient (Wildman–Crippen LogP) is 1.82. The maximum absolute atomic E-state index is 12.1. The first-order chi connectivity index (χ1) is 8.91. The summed E-state index contributed by atoms with van der Waals surface area (Å²) in [7, 11) is 1.76. The van der Waals surface area contributed by atoms with Crippen molar-refractivity contribution in [2.75, 3.05) is 20.2 Å². The molecule has 19 heavy (non-hydrogen) atoms. The van der Waals surface area contributed by atoms with Gasteiger partial charge in [-0.2, -0.15) is 0 Å². The van der Waals surface area contributed by atoms with Crippen molar-refractivity contribution < 1.29 is 9.53 Å². The summed E-state index contributed by atoms with van der Waals surface area (Å²) >= 11 is 4.87. The Hall–Kier alpha value is -1.46. The average molecular weight is 280 g/mol. The number of nitrogens with two attached hydrogens (primary N) is 1. The van der Waals surface area contributed by atoms with E-state index >= 15 is 0 Å². The van der Waals surface area contributed by atoms with Gasteiger partial charge in [0.05, 0.1) is 12.7 Å². The average Bonchev–Trinajstić information content (AvgIpc) is 2.37. The van der Waals surface area contributed by atoms with Gasteiger partial charge in [0.25, 0.3) is 5.91 Å². The monoisotopic (exact) mass is 280 g/mol. The molecule has 0 unspecified atom stereocenters. The second-order valence-electron chi connectivity index (χ2n) is 4.59. The lowest BCUT2D eigenvalue weighted by Gasteiger charge is -2.18. The fourth-order valence-electron chi connectivity index (χ4n) is 1.52. The number of nitrogens with zero attached hydrogens (tertiary/aromatic N) is 1. The number of carbonyl (C=O) groups is 1. The molecular weight excluding hydrogens is 260 g/mol. The van der Waals surface area contributed by atoms with Crippen molar-refractivity contribution in [1.82, 2.24) is 4.90 Å². The summed E-state index contributed by atoms with van der Waals surface area (Å²) in [6.07, 6.45) is 0.174. The van der Waals surface area contributed by atoms with Crippen LogP contribution in [0.5, 0.6) is 0 Å². The molecule has 0 bridgehead atoms. The minimum absolute atomic E-state index is 0.0400. The standard InChI is InChI=1S/C14H20N2O2S/c1-10(2)18-9-8-16(3)14(17)12-6-4-11(5-7-12)13(15)19/h4-7,10H,8-9H2,1-3H3,(H2,15,19). The van der Waals surface area contributed by atoms with Crippen molar-refractivity contribution in [2.45, 2.75) is 20.0 Å². The van der Waals surface area contributed by atoms with Crippen LogP contribution in [-0.4, -0.2) is 42.1 Å². The van der Waals surface area contributed by atoms with E-state index in [1.54, 1.807) is 36.2 Å². The Kier molecular flexibility index (Phi) is 5.92. The second-order valence-corrected chi connectivity index (χ2v) is 5.03. The summed E-state index contributed by atoms with van der Waals surface area (Å²) in [6, 6.07) is 6.98. The number of likely N-dealkylation sites (N-methyl/N-ethyl adjacent to an activating group) is 1. The number of thiocarbonyl (C=S) groups is 1. The van der Waals surface area contributed by atoms with Crippen molar-refractivity contribution in [1.29, 1.82) is 0 Å². The molecule has 0 spiro atoms. The molecule has 0 saturated heterocycles. The van der Waals surface area contributed by atoms with Gasteiger partial charge < -0.3 is 15.4 Å². The molecule has 0 heterocycles. The van der Waals surface area contributed by atoms with Crippen molar-refractivity contribution >= 4 is 23.1 Å². The van der Waals surface area contributed by atoms with Gasteiger partial charge in [-0.05, 0) is 26.0 Å². The van der Waals surface area contributed by atoms with E-state index < -0.39 is 0 Å². The zero-order chi connectivity index (χ0) is 14.4. The highest BCUT2D eigenvalue weighted by atomic mass is 32.1. The summed E-state index contributed by atoms with van der Waals surface area (Å²) in [4.78, 5) is 14.1. The third-order valence-electron chi connectivity index (χ3n) is 2.64. The Bertz CT molecular complexity index is 443. The van der Waals surface area contributed by atoms with Crippen LogP contribution in [0.15, 0.2) is 24.3 Å². The molecular formula is C14H20N2O2S. The van der Waals surface area contributed by atoms with Crippen LogP contribution < -0.4 is 5.73 Å². The maximum Gasteiger partial charge on any atom is 0.253 e. The van der Waals surface area contributed by atoms with E-state index in [1.165, 1.54) is 0 Å². The maximum atomic E-state index is 12.1. The second kappa shape index (κ2) is 7.21. The van der Waals surface area contributed by atoms with E-state index in [9.17, 15) is 4.79 Å². The normalized spacial score (nSPS) is 10.5. The smallest absolute Gasteiger partial charge is 0.253 e. The summed E-state index contributed by atoms with van der Waals surface area (Å²) in [5, 5.41) is 0. The largest absolute Gasteiger partial charge is 0.389 e. The van der Waals surface area contributed by atoms with Gasteiger partial charge in [-0.3, -0.25) is 4.79 Å². The Morgan fingerprint density at radius 3 is 2.32 bits per heavy atom. The number of rotatable bonds is 6. The summed E-state index contributed by atoms with van der Waals surface area (Å²) in [5.74, 6) is -0.0400. The van der Waals surface area contributed by atoms with E-state index in [-0.39, 0.29) is 12.0 Å². The molecule has 1 rings (SSSR count). The lowest BCUT2D eigenvalue weighted by atomic mass is 10.1. The number of hydrogen-bond donors (Lipinski definition) is 1. The van der Waals surface area contributed by atoms with Crippen LogP contribution in [0.4, 0.5) is 0 Å². The first-order valence-electron chi connectivity index (χ1n) is 6.18. The third-order valence-corrected chi connectivity index (χ3v) is 2.88. The lowest BCUT2D eigenvalue weighted by Crippen LogP contribution is -2.30. The molecule has 0 aromatic heterocycles. The summed E-state index contributed by atoms with van der Waals surface area (Å²) < 4.78 is 5.42. The first kappa shape index (κ1) is 15.6. The minimum atomic E-state index is -0.0400. The summed E-state index contributed by atoms with van der Waals surface area (Å²) in [6.45, 7) is 5.03. The third kappa shape index (κ3) is 4.96. The van der Waals surface area contributed by atoms with Gasteiger partial charge in [0, 0.05) is 24.7 Å². The SMILES string of the molecule is CC(C)OCCN(C)C(=O)c1ccc(C(N)=S)cc1. The van der Waals surface area contributed by atoms with Gasteiger partial charge in [-0.25, -0.2) is 0 Å². The molecule has 0 saturated carbocycles. The van der Waals surface area contributed by atoms with Crippen molar-refractivity contribution in [3.05, 3.63) is 35.4 Å². The number of benzene rings is 1. The molecule has 104 valence electrons. The van der Waals surface area contributed by atoms with E-state index in [0.29, 0.717) is 23.7 Å². The minimum Gasteiger partial charge on any atom is -0.389 e. The van der Waals surface area contributed by atoms with Crippen LogP contribution in [0, 0.1) is 0 Å².